The van der Waals surface area contributed by atoms with Gasteiger partial charge in [-0.25, -0.2) is 9.67 Å². The topological polar surface area (TPSA) is 56.7 Å². The van der Waals surface area contributed by atoms with E-state index in [0.717, 1.165) is 16.0 Å². The summed E-state index contributed by atoms with van der Waals surface area (Å²) >= 11 is 1.61. The highest BCUT2D eigenvalue weighted by molar-refractivity contribution is 7.97. The summed E-state index contributed by atoms with van der Waals surface area (Å²) in [6.07, 6.45) is -3.87. The lowest BCUT2D eigenvalue weighted by molar-refractivity contribution is -0.292. The Balaban J connectivity index is 2.10. The molecule has 0 saturated carbocycles. The number of hydrogen-bond donors (Lipinski definition) is 1. The molecule has 0 spiro atoms. The molecule has 3 rings (SSSR count). The number of hydrogen-bond acceptors (Lipinski definition) is 4. The van der Waals surface area contributed by atoms with E-state index >= 15 is 0 Å². The molecule has 0 saturated heterocycles. The van der Waals surface area contributed by atoms with Crippen LogP contribution in [0.3, 0.4) is 0 Å². The maximum Gasteiger partial charge on any atom is 0.461 e. The fourth-order valence-corrected chi connectivity index (χ4v) is 3.40. The van der Waals surface area contributed by atoms with Crippen LogP contribution in [0.25, 0.3) is 11.4 Å². The Morgan fingerprint density at radius 2 is 1.70 bits per heavy atom. The van der Waals surface area contributed by atoms with Crippen LogP contribution in [0.5, 0.6) is 0 Å². The van der Waals surface area contributed by atoms with Gasteiger partial charge in [-0.3, -0.25) is 0 Å². The van der Waals surface area contributed by atoms with E-state index in [1.165, 1.54) is 0 Å². The molecule has 160 valence electrons. The molecule has 30 heavy (non-hydrogen) atoms. The summed E-state index contributed by atoms with van der Waals surface area (Å²) in [6.45, 7) is 1.68. The van der Waals surface area contributed by atoms with Gasteiger partial charge in [0.1, 0.15) is 0 Å². The first-order valence-corrected chi connectivity index (χ1v) is 10.3. The quantitative estimate of drug-likeness (QED) is 0.410. The van der Waals surface area contributed by atoms with Gasteiger partial charge >= 0.3 is 12.1 Å². The second-order valence-electron chi connectivity index (χ2n) is 6.75. The predicted molar refractivity (Wildman–Crippen MR) is 107 cm³/mol. The molecule has 10 heteroatoms. The summed E-state index contributed by atoms with van der Waals surface area (Å²) in [5, 5.41) is 3.54. The molecule has 0 bridgehead atoms. The third kappa shape index (κ3) is 4.28. The second kappa shape index (κ2) is 8.25. The van der Waals surface area contributed by atoms with Crippen molar-refractivity contribution in [2.45, 2.75) is 31.3 Å². The van der Waals surface area contributed by atoms with Crippen molar-refractivity contribution in [1.82, 2.24) is 14.8 Å². The fraction of sp³-hybridized carbons (Fsp3) is 0.300. The van der Waals surface area contributed by atoms with Gasteiger partial charge in [-0.2, -0.15) is 33.7 Å². The molecular formula is C20H19F5N4S. The molecule has 0 unspecified atom stereocenters. The van der Waals surface area contributed by atoms with Crippen molar-refractivity contribution < 1.29 is 22.0 Å². The van der Waals surface area contributed by atoms with Gasteiger partial charge in [0.25, 0.3) is 0 Å². The van der Waals surface area contributed by atoms with E-state index in [-0.39, 0.29) is 12.4 Å². The van der Waals surface area contributed by atoms with Crippen molar-refractivity contribution in [3.8, 4) is 11.4 Å². The number of nitrogens with zero attached hydrogens (tertiary/aromatic N) is 3. The zero-order valence-electron chi connectivity index (χ0n) is 16.2. The van der Waals surface area contributed by atoms with Gasteiger partial charge in [0, 0.05) is 17.0 Å². The zero-order chi connectivity index (χ0) is 22.1. The van der Waals surface area contributed by atoms with Gasteiger partial charge in [0.05, 0.1) is 6.54 Å². The largest absolute Gasteiger partial charge is 0.461 e. The third-order valence-corrected chi connectivity index (χ3v) is 5.26. The molecule has 0 aliphatic rings. The molecule has 4 nitrogen and oxygen atoms in total. The van der Waals surface area contributed by atoms with E-state index in [9.17, 15) is 22.0 Å². The number of thioether (sulfide) groups is 1. The van der Waals surface area contributed by atoms with Crippen LogP contribution in [0.1, 0.15) is 22.5 Å². The maximum absolute atomic E-state index is 13.9. The molecule has 1 heterocycles. The van der Waals surface area contributed by atoms with Crippen LogP contribution in [0, 0.1) is 6.92 Å². The summed E-state index contributed by atoms with van der Waals surface area (Å²) < 4.78 is 67.6. The standard InChI is InChI=1S/C20H19F5N4S/c1-12-15(4-3-5-16(12)26)10-29-17(14-8-6-13(7-9-14)11-30-2)27-18(28-29)19(21,22)20(23,24)25/h3-9H,10-11,26H2,1-2H3. The van der Waals surface area contributed by atoms with Crippen LogP contribution >= 0.6 is 11.8 Å². The van der Waals surface area contributed by atoms with E-state index < -0.39 is 17.9 Å². The van der Waals surface area contributed by atoms with E-state index in [2.05, 4.69) is 10.1 Å². The SMILES string of the molecule is CSCc1ccc(-c2nc(C(F)(F)C(F)(F)F)nn2Cc2cccc(N)c2C)cc1. The Kier molecular flexibility index (Phi) is 6.07. The lowest BCUT2D eigenvalue weighted by Crippen LogP contribution is -2.35. The van der Waals surface area contributed by atoms with E-state index in [1.54, 1.807) is 61.2 Å². The van der Waals surface area contributed by atoms with Crippen molar-refractivity contribution in [3.05, 3.63) is 65.0 Å². The van der Waals surface area contributed by atoms with Crippen LogP contribution in [0.2, 0.25) is 0 Å². The van der Waals surface area contributed by atoms with Gasteiger partial charge in [-0.1, -0.05) is 36.4 Å². The molecular weight excluding hydrogens is 423 g/mol. The zero-order valence-corrected chi connectivity index (χ0v) is 17.0. The Morgan fingerprint density at radius 1 is 1.03 bits per heavy atom. The monoisotopic (exact) mass is 442 g/mol. The minimum Gasteiger partial charge on any atom is -0.399 e. The molecule has 0 fully saturated rings. The molecule has 0 amide bonds. The summed E-state index contributed by atoms with van der Waals surface area (Å²) in [7, 11) is 0. The van der Waals surface area contributed by atoms with E-state index in [4.69, 9.17) is 5.73 Å². The molecule has 0 aliphatic carbocycles. The Bertz CT molecular complexity index is 1030. The minimum atomic E-state index is -5.80. The van der Waals surface area contributed by atoms with Crippen molar-refractivity contribution >= 4 is 17.4 Å². The Labute approximate surface area is 174 Å². The molecule has 2 N–H and O–H groups in total. The van der Waals surface area contributed by atoms with Crippen molar-refractivity contribution in [3.63, 3.8) is 0 Å². The second-order valence-corrected chi connectivity index (χ2v) is 7.62. The van der Waals surface area contributed by atoms with Crippen LogP contribution in [0.15, 0.2) is 42.5 Å². The molecule has 3 aromatic rings. The van der Waals surface area contributed by atoms with Gasteiger partial charge in [-0.15, -0.1) is 5.10 Å². The lowest BCUT2D eigenvalue weighted by Gasteiger charge is -2.15. The summed E-state index contributed by atoms with van der Waals surface area (Å²) in [4.78, 5) is 3.59. The molecule has 0 atom stereocenters. The van der Waals surface area contributed by atoms with Crippen molar-refractivity contribution in [1.29, 1.82) is 0 Å². The normalized spacial score (nSPS) is 12.4. The van der Waals surface area contributed by atoms with Crippen molar-refractivity contribution in [2.75, 3.05) is 12.0 Å². The van der Waals surface area contributed by atoms with Gasteiger partial charge in [-0.05, 0) is 35.9 Å². The van der Waals surface area contributed by atoms with Gasteiger partial charge in [0.15, 0.2) is 5.82 Å². The lowest BCUT2D eigenvalue weighted by atomic mass is 10.1. The molecule has 2 aromatic carbocycles. The van der Waals surface area contributed by atoms with Crippen LogP contribution in [0.4, 0.5) is 27.6 Å². The number of nitrogens with two attached hydrogens (primary N) is 1. The summed E-state index contributed by atoms with van der Waals surface area (Å²) in [5.74, 6) is -6.09. The summed E-state index contributed by atoms with van der Waals surface area (Å²) in [5.41, 5.74) is 9.08. The number of halogens is 5. The highest BCUT2D eigenvalue weighted by atomic mass is 32.2. The Hall–Kier alpha value is -2.62. The highest BCUT2D eigenvalue weighted by Crippen LogP contribution is 2.43. The first kappa shape index (κ1) is 22.1. The average Bonchev–Trinajstić information content (AvgIpc) is 3.10. The number of nitrogen functional groups attached to an aromatic ring is 1. The molecule has 1 aromatic heterocycles. The minimum absolute atomic E-state index is 0.0558. The van der Waals surface area contributed by atoms with E-state index in [0.29, 0.717) is 22.4 Å². The molecule has 0 radical (unpaired) electrons. The fourth-order valence-electron chi connectivity index (χ4n) is 2.88. The first-order chi connectivity index (χ1) is 14.0. The average molecular weight is 442 g/mol. The number of alkyl halides is 5. The van der Waals surface area contributed by atoms with Crippen LogP contribution in [-0.4, -0.2) is 27.2 Å². The smallest absolute Gasteiger partial charge is 0.399 e. The third-order valence-electron chi connectivity index (χ3n) is 4.64. The summed E-state index contributed by atoms with van der Waals surface area (Å²) in [6, 6.07) is 11.9. The highest BCUT2D eigenvalue weighted by Gasteiger charge is 2.62. The predicted octanol–water partition coefficient (Wildman–Crippen LogP) is 5.40. The van der Waals surface area contributed by atoms with Gasteiger partial charge in [0.2, 0.25) is 5.82 Å². The van der Waals surface area contributed by atoms with E-state index in [1.807, 2.05) is 6.26 Å². The van der Waals surface area contributed by atoms with Crippen molar-refractivity contribution in [2.24, 2.45) is 0 Å². The Morgan fingerprint density at radius 3 is 2.30 bits per heavy atom. The number of benzene rings is 2. The number of rotatable bonds is 6. The number of aromatic nitrogens is 3. The molecule has 0 aliphatic heterocycles. The maximum atomic E-state index is 13.9. The number of anilines is 1. The first-order valence-electron chi connectivity index (χ1n) is 8.86. The van der Waals surface area contributed by atoms with Gasteiger partial charge < -0.3 is 5.73 Å². The van der Waals surface area contributed by atoms with Crippen LogP contribution in [-0.2, 0) is 18.2 Å². The van der Waals surface area contributed by atoms with Crippen LogP contribution < -0.4 is 5.73 Å².